The van der Waals surface area contributed by atoms with Gasteiger partial charge < -0.3 is 23.7 Å². The van der Waals surface area contributed by atoms with Crippen molar-refractivity contribution in [2.45, 2.75) is 25.4 Å². The molecule has 0 spiro atoms. The van der Waals surface area contributed by atoms with Gasteiger partial charge in [0.1, 0.15) is 30.4 Å². The molecule has 0 radical (unpaired) electrons. The van der Waals surface area contributed by atoms with E-state index < -0.39 is 0 Å². The first-order valence-corrected chi connectivity index (χ1v) is 14.2. The second kappa shape index (κ2) is 15.3. The van der Waals surface area contributed by atoms with Crippen molar-refractivity contribution in [2.75, 3.05) is 52.9 Å². The van der Waals surface area contributed by atoms with Crippen molar-refractivity contribution >= 4 is 11.9 Å². The number of nitriles is 1. The zero-order valence-electron chi connectivity index (χ0n) is 22.4. The molecule has 1 fully saturated rings. The van der Waals surface area contributed by atoms with E-state index >= 15 is 0 Å². The van der Waals surface area contributed by atoms with Crippen LogP contribution in [0.5, 0.6) is 17.2 Å². The number of nitrogens with one attached hydrogen (secondary N) is 1. The van der Waals surface area contributed by atoms with Gasteiger partial charge in [-0.25, -0.2) is 9.97 Å². The van der Waals surface area contributed by atoms with E-state index in [1.807, 2.05) is 48.7 Å². The van der Waals surface area contributed by atoms with Crippen LogP contribution in [0.1, 0.15) is 29.8 Å². The average molecular weight is 551 g/mol. The van der Waals surface area contributed by atoms with Crippen molar-refractivity contribution in [1.29, 1.82) is 5.26 Å². The Labute approximate surface area is 233 Å². The van der Waals surface area contributed by atoms with Crippen molar-refractivity contribution in [1.82, 2.24) is 14.7 Å². The minimum Gasteiger partial charge on any atom is -0.493 e. The molecule has 2 heterocycles. The van der Waals surface area contributed by atoms with Gasteiger partial charge in [-0.05, 0) is 48.2 Å². The van der Waals surface area contributed by atoms with Gasteiger partial charge in [-0.2, -0.15) is 5.26 Å². The van der Waals surface area contributed by atoms with Crippen molar-refractivity contribution in [3.8, 4) is 34.6 Å². The van der Waals surface area contributed by atoms with E-state index in [0.29, 0.717) is 68.1 Å². The van der Waals surface area contributed by atoms with E-state index in [9.17, 15) is 5.26 Å². The summed E-state index contributed by atoms with van der Waals surface area (Å²) in [6.07, 6.45) is 5.95. The van der Waals surface area contributed by atoms with Gasteiger partial charge >= 0.3 is 0 Å². The fourth-order valence-corrected chi connectivity index (χ4v) is 4.44. The van der Waals surface area contributed by atoms with Crippen molar-refractivity contribution in [2.24, 2.45) is 0 Å². The first-order valence-electron chi connectivity index (χ1n) is 12.9. The number of aromatic nitrogens is 2. The fraction of sp³-hybridized carbons (Fsp3) is 0.414. The van der Waals surface area contributed by atoms with Gasteiger partial charge in [0.05, 0.1) is 44.8 Å². The zero-order valence-corrected chi connectivity index (χ0v) is 23.2. The van der Waals surface area contributed by atoms with Gasteiger partial charge in [-0.3, -0.25) is 4.72 Å². The molecule has 206 valence electrons. The second-order valence-corrected chi connectivity index (χ2v) is 9.53. The predicted octanol–water partition coefficient (Wildman–Crippen LogP) is 4.44. The highest BCUT2D eigenvalue weighted by Crippen LogP contribution is 2.30. The van der Waals surface area contributed by atoms with E-state index in [0.717, 1.165) is 36.2 Å². The number of nitrogens with zero attached hydrogens (tertiary/aromatic N) is 3. The van der Waals surface area contributed by atoms with Gasteiger partial charge in [0.25, 0.3) is 0 Å². The van der Waals surface area contributed by atoms with E-state index in [1.54, 1.807) is 25.3 Å². The molecular formula is C29H34N4O5S. The molecular weight excluding hydrogens is 516 g/mol. The Hall–Kier alpha value is -3.36. The lowest BCUT2D eigenvalue weighted by atomic mass is 10.1. The van der Waals surface area contributed by atoms with Crippen LogP contribution in [0.25, 0.3) is 11.3 Å². The highest BCUT2D eigenvalue weighted by atomic mass is 32.2. The van der Waals surface area contributed by atoms with Crippen LogP contribution >= 0.6 is 11.9 Å². The first-order chi connectivity index (χ1) is 19.2. The Morgan fingerprint density at radius 2 is 1.90 bits per heavy atom. The molecule has 1 aliphatic heterocycles. The normalized spacial score (nSPS) is 13.6. The molecule has 1 N–H and O–H groups in total. The van der Waals surface area contributed by atoms with E-state index in [2.05, 4.69) is 15.8 Å². The Balaban J connectivity index is 1.39. The average Bonchev–Trinajstić information content (AvgIpc) is 2.98. The highest BCUT2D eigenvalue weighted by molar-refractivity contribution is 7.96. The molecule has 39 heavy (non-hydrogen) atoms. The lowest BCUT2D eigenvalue weighted by Gasteiger charge is -2.23. The number of methoxy groups -OCH3 is 1. The zero-order chi connectivity index (χ0) is 27.3. The van der Waals surface area contributed by atoms with Crippen LogP contribution in [-0.2, 0) is 15.9 Å². The molecule has 2 aromatic carbocycles. The molecule has 4 rings (SSSR count). The van der Waals surface area contributed by atoms with Gasteiger partial charge in [-0.1, -0.05) is 18.0 Å². The first kappa shape index (κ1) is 28.6. The molecule has 3 aromatic rings. The van der Waals surface area contributed by atoms with Gasteiger partial charge in [0.2, 0.25) is 0 Å². The van der Waals surface area contributed by atoms with Gasteiger partial charge in [-0.15, -0.1) is 0 Å². The number of ether oxygens (including phenoxy) is 5. The molecule has 0 bridgehead atoms. The summed E-state index contributed by atoms with van der Waals surface area (Å²) in [4.78, 5) is 9.21. The summed E-state index contributed by atoms with van der Waals surface area (Å²) >= 11 is 1.57. The van der Waals surface area contributed by atoms with Crippen LogP contribution in [0.4, 0.5) is 0 Å². The Morgan fingerprint density at radius 1 is 1.05 bits per heavy atom. The summed E-state index contributed by atoms with van der Waals surface area (Å²) < 4.78 is 31.6. The van der Waals surface area contributed by atoms with Crippen LogP contribution in [0, 0.1) is 11.3 Å². The van der Waals surface area contributed by atoms with Crippen LogP contribution in [0.15, 0.2) is 48.7 Å². The van der Waals surface area contributed by atoms with E-state index in [-0.39, 0.29) is 6.10 Å². The molecule has 0 amide bonds. The van der Waals surface area contributed by atoms with E-state index in [1.165, 1.54) is 0 Å². The molecule has 1 aliphatic rings. The highest BCUT2D eigenvalue weighted by Gasteiger charge is 2.18. The van der Waals surface area contributed by atoms with Gasteiger partial charge in [0, 0.05) is 37.6 Å². The van der Waals surface area contributed by atoms with Crippen LogP contribution in [0.2, 0.25) is 0 Å². The Kier molecular flexibility index (Phi) is 11.2. The smallest absolute Gasteiger partial charge is 0.161 e. The largest absolute Gasteiger partial charge is 0.493 e. The van der Waals surface area contributed by atoms with Crippen LogP contribution in [0.3, 0.4) is 0 Å². The maximum absolute atomic E-state index is 9.73. The molecule has 0 atom stereocenters. The molecule has 0 unspecified atom stereocenters. The van der Waals surface area contributed by atoms with Gasteiger partial charge in [0.15, 0.2) is 11.5 Å². The lowest BCUT2D eigenvalue weighted by molar-refractivity contribution is 0.0254. The summed E-state index contributed by atoms with van der Waals surface area (Å²) in [5.41, 5.74) is 3.06. The maximum Gasteiger partial charge on any atom is 0.161 e. The Bertz CT molecular complexity index is 1250. The standard InChI is InChI=1S/C29H34N4O5S/c1-34-28-17-21(3-5-27(28)37-16-15-36-14-11-32-39-2)18-29-31-10-7-25(33-29)22-4-6-26(23(19-22)20-30)38-24-8-12-35-13-9-24/h3-7,10,17,19,24,32H,8-9,11-16,18H2,1-2H3. The summed E-state index contributed by atoms with van der Waals surface area (Å²) in [6, 6.07) is 15.5. The number of hydrogen-bond donors (Lipinski definition) is 1. The minimum atomic E-state index is 0.0665. The molecule has 0 aliphatic carbocycles. The quantitative estimate of drug-likeness (QED) is 0.229. The minimum absolute atomic E-state index is 0.0665. The number of rotatable bonds is 14. The summed E-state index contributed by atoms with van der Waals surface area (Å²) in [5.74, 6) is 2.56. The van der Waals surface area contributed by atoms with E-state index in [4.69, 9.17) is 28.7 Å². The fourth-order valence-electron chi connectivity index (χ4n) is 4.15. The van der Waals surface area contributed by atoms with Crippen LogP contribution < -0.4 is 18.9 Å². The third kappa shape index (κ3) is 8.57. The molecule has 1 saturated heterocycles. The maximum atomic E-state index is 9.73. The summed E-state index contributed by atoms with van der Waals surface area (Å²) in [7, 11) is 1.62. The topological polar surface area (TPSA) is 108 Å². The van der Waals surface area contributed by atoms with Crippen molar-refractivity contribution < 1.29 is 23.7 Å². The third-order valence-electron chi connectivity index (χ3n) is 6.13. The lowest BCUT2D eigenvalue weighted by Crippen LogP contribution is -2.26. The SMILES string of the molecule is COc1cc(Cc2nccc(-c3ccc(OC4CCOCC4)c(C#N)c3)n2)ccc1OCCOCCNSC. The predicted molar refractivity (Wildman–Crippen MR) is 150 cm³/mol. The molecule has 9 nitrogen and oxygen atoms in total. The number of benzene rings is 2. The Morgan fingerprint density at radius 3 is 2.69 bits per heavy atom. The molecule has 1 aromatic heterocycles. The van der Waals surface area contributed by atoms with Crippen molar-refractivity contribution in [3.05, 3.63) is 65.6 Å². The second-order valence-electron chi connectivity index (χ2n) is 8.83. The molecule has 0 saturated carbocycles. The summed E-state index contributed by atoms with van der Waals surface area (Å²) in [5, 5.41) is 9.73. The third-order valence-corrected chi connectivity index (χ3v) is 6.62. The van der Waals surface area contributed by atoms with Crippen molar-refractivity contribution in [3.63, 3.8) is 0 Å². The number of hydrogen-bond acceptors (Lipinski definition) is 10. The van der Waals surface area contributed by atoms with Crippen LogP contribution in [-0.4, -0.2) is 69.0 Å². The molecule has 10 heteroatoms. The monoisotopic (exact) mass is 550 g/mol. The summed E-state index contributed by atoms with van der Waals surface area (Å²) in [6.45, 7) is 3.72.